The van der Waals surface area contributed by atoms with Crippen molar-refractivity contribution in [1.29, 1.82) is 0 Å². The van der Waals surface area contributed by atoms with Gasteiger partial charge in [0.2, 0.25) is 0 Å². The van der Waals surface area contributed by atoms with Crippen LogP contribution in [0.25, 0.3) is 5.57 Å². The van der Waals surface area contributed by atoms with E-state index in [9.17, 15) is 4.79 Å². The molecular weight excluding hydrogens is 366 g/mol. The third kappa shape index (κ3) is 3.97. The van der Waals surface area contributed by atoms with Crippen molar-refractivity contribution in [2.45, 2.75) is 11.7 Å². The highest BCUT2D eigenvalue weighted by molar-refractivity contribution is 8.03. The fourth-order valence-corrected chi connectivity index (χ4v) is 4.63. The Kier molecular flexibility index (Phi) is 5.49. The Morgan fingerprint density at radius 1 is 0.893 bits per heavy atom. The zero-order chi connectivity index (χ0) is 19.3. The first-order chi connectivity index (χ1) is 13.7. The second-order valence-corrected chi connectivity index (χ2v) is 7.78. The smallest absolute Gasteiger partial charge is 0.167 e. The van der Waals surface area contributed by atoms with Crippen molar-refractivity contribution in [3.8, 4) is 5.75 Å². The molecule has 0 bridgehead atoms. The first-order valence-corrected chi connectivity index (χ1v) is 10.1. The lowest BCUT2D eigenvalue weighted by Crippen LogP contribution is -2.17. The number of ketones is 1. The summed E-state index contributed by atoms with van der Waals surface area (Å²) in [5.41, 5.74) is 3.78. The van der Waals surface area contributed by atoms with Gasteiger partial charge in [-0.15, -0.1) is 0 Å². The number of allylic oxidation sites excluding steroid dienone is 1. The molecule has 28 heavy (non-hydrogen) atoms. The van der Waals surface area contributed by atoms with Gasteiger partial charge in [-0.05, 0) is 35.4 Å². The Morgan fingerprint density at radius 3 is 2.18 bits per heavy atom. The highest BCUT2D eigenvalue weighted by Crippen LogP contribution is 2.46. The molecule has 0 spiro atoms. The number of methoxy groups -OCH3 is 1. The highest BCUT2D eigenvalue weighted by atomic mass is 32.2. The minimum Gasteiger partial charge on any atom is -0.497 e. The average Bonchev–Trinajstić information content (AvgIpc) is 2.75. The van der Waals surface area contributed by atoms with E-state index in [0.29, 0.717) is 6.42 Å². The standard InChI is InChI=1S/C24H21NO2S/c1-27-20-14-12-18(13-15-20)23-21(26)16-22(17-8-4-2-5-9-17)28-24(23)25-19-10-6-3-7-11-19/h2-15,22,25H,16H2,1H3. The topological polar surface area (TPSA) is 38.3 Å². The molecule has 0 saturated carbocycles. The summed E-state index contributed by atoms with van der Waals surface area (Å²) in [5, 5.41) is 4.47. The lowest BCUT2D eigenvalue weighted by molar-refractivity contribution is -0.113. The van der Waals surface area contributed by atoms with E-state index in [1.165, 1.54) is 5.56 Å². The Hall–Kier alpha value is -2.98. The van der Waals surface area contributed by atoms with Crippen LogP contribution >= 0.6 is 11.8 Å². The number of rotatable bonds is 5. The lowest BCUT2D eigenvalue weighted by atomic mass is 9.96. The van der Waals surface area contributed by atoms with Crippen LogP contribution in [0.5, 0.6) is 5.75 Å². The van der Waals surface area contributed by atoms with Crippen LogP contribution in [0.15, 0.2) is 90.0 Å². The number of benzene rings is 3. The Balaban J connectivity index is 1.75. The molecule has 0 fully saturated rings. The van der Waals surface area contributed by atoms with Crippen molar-refractivity contribution < 1.29 is 9.53 Å². The van der Waals surface area contributed by atoms with E-state index in [0.717, 1.165) is 27.6 Å². The van der Waals surface area contributed by atoms with Gasteiger partial charge in [0.05, 0.1) is 17.7 Å². The van der Waals surface area contributed by atoms with Crippen molar-refractivity contribution >= 4 is 28.8 Å². The summed E-state index contributed by atoms with van der Waals surface area (Å²) >= 11 is 1.71. The predicted octanol–water partition coefficient (Wildman–Crippen LogP) is 5.92. The van der Waals surface area contributed by atoms with E-state index in [1.54, 1.807) is 18.9 Å². The first kappa shape index (κ1) is 18.4. The molecule has 1 unspecified atom stereocenters. The van der Waals surface area contributed by atoms with Crippen molar-refractivity contribution in [2.24, 2.45) is 0 Å². The molecule has 3 aromatic rings. The van der Waals surface area contributed by atoms with E-state index in [4.69, 9.17) is 4.74 Å². The summed E-state index contributed by atoms with van der Waals surface area (Å²) in [6.07, 6.45) is 0.482. The maximum atomic E-state index is 13.2. The maximum Gasteiger partial charge on any atom is 0.167 e. The number of hydrogen-bond acceptors (Lipinski definition) is 4. The molecule has 1 aliphatic rings. The molecule has 0 aromatic heterocycles. The molecule has 3 nitrogen and oxygen atoms in total. The van der Waals surface area contributed by atoms with Gasteiger partial charge in [0.25, 0.3) is 0 Å². The highest BCUT2D eigenvalue weighted by Gasteiger charge is 2.30. The van der Waals surface area contributed by atoms with E-state index >= 15 is 0 Å². The molecular formula is C24H21NO2S. The van der Waals surface area contributed by atoms with Crippen LogP contribution in [0, 0.1) is 0 Å². The van der Waals surface area contributed by atoms with Crippen LogP contribution in [0.1, 0.15) is 22.8 Å². The van der Waals surface area contributed by atoms with Crippen molar-refractivity contribution in [2.75, 3.05) is 12.4 Å². The molecule has 1 atom stereocenters. The third-order valence-corrected chi connectivity index (χ3v) is 5.98. The second kappa shape index (κ2) is 8.36. The Labute approximate surface area is 169 Å². The summed E-state index contributed by atoms with van der Waals surface area (Å²) in [4.78, 5) is 13.2. The zero-order valence-electron chi connectivity index (χ0n) is 15.6. The molecule has 1 aliphatic heterocycles. The van der Waals surface area contributed by atoms with Crippen LogP contribution in [0.3, 0.4) is 0 Å². The van der Waals surface area contributed by atoms with E-state index in [2.05, 4.69) is 17.4 Å². The van der Waals surface area contributed by atoms with Crippen molar-refractivity contribution in [3.05, 3.63) is 101 Å². The third-order valence-electron chi connectivity index (χ3n) is 4.72. The Morgan fingerprint density at radius 2 is 1.54 bits per heavy atom. The fraction of sp³-hybridized carbons (Fsp3) is 0.125. The molecule has 4 heteroatoms. The number of ether oxygens (including phenoxy) is 1. The van der Waals surface area contributed by atoms with Gasteiger partial charge in [0.15, 0.2) is 5.78 Å². The molecule has 4 rings (SSSR count). The molecule has 0 aliphatic carbocycles. The van der Waals surface area contributed by atoms with Crippen LogP contribution in [0.4, 0.5) is 5.69 Å². The molecule has 0 amide bonds. The minimum absolute atomic E-state index is 0.0990. The van der Waals surface area contributed by atoms with Gasteiger partial charge in [0.1, 0.15) is 5.75 Å². The SMILES string of the molecule is COc1ccc(C2=C(Nc3ccccc3)SC(c3ccccc3)CC2=O)cc1. The molecule has 3 aromatic carbocycles. The maximum absolute atomic E-state index is 13.2. The number of Topliss-reactive ketones (excluding diaryl/α,β-unsaturated/α-hetero) is 1. The summed E-state index contributed by atoms with van der Waals surface area (Å²) in [6, 6.07) is 27.9. The van der Waals surface area contributed by atoms with Crippen LogP contribution < -0.4 is 10.1 Å². The molecule has 1 heterocycles. The molecule has 1 N–H and O–H groups in total. The van der Waals surface area contributed by atoms with Gasteiger partial charge in [-0.1, -0.05) is 72.4 Å². The monoisotopic (exact) mass is 387 g/mol. The lowest BCUT2D eigenvalue weighted by Gasteiger charge is -2.27. The number of anilines is 1. The van der Waals surface area contributed by atoms with Crippen molar-refractivity contribution in [1.82, 2.24) is 0 Å². The van der Waals surface area contributed by atoms with E-state index in [1.807, 2.05) is 72.8 Å². The summed E-state index contributed by atoms with van der Waals surface area (Å²) in [7, 11) is 1.64. The summed E-state index contributed by atoms with van der Waals surface area (Å²) < 4.78 is 5.26. The Bertz CT molecular complexity index is 982. The number of para-hydroxylation sites is 1. The molecule has 140 valence electrons. The predicted molar refractivity (Wildman–Crippen MR) is 116 cm³/mol. The van der Waals surface area contributed by atoms with E-state index < -0.39 is 0 Å². The first-order valence-electron chi connectivity index (χ1n) is 9.20. The quantitative estimate of drug-likeness (QED) is 0.589. The largest absolute Gasteiger partial charge is 0.497 e. The van der Waals surface area contributed by atoms with Gasteiger partial charge in [-0.3, -0.25) is 4.79 Å². The van der Waals surface area contributed by atoms with Gasteiger partial charge >= 0.3 is 0 Å². The van der Waals surface area contributed by atoms with E-state index in [-0.39, 0.29) is 11.0 Å². The molecule has 0 saturated heterocycles. The second-order valence-electron chi connectivity index (χ2n) is 6.57. The number of hydrogen-bond donors (Lipinski definition) is 1. The number of carbonyl (C=O) groups is 1. The normalized spacial score (nSPS) is 16.8. The van der Waals surface area contributed by atoms with Gasteiger partial charge < -0.3 is 10.1 Å². The number of nitrogens with one attached hydrogen (secondary N) is 1. The average molecular weight is 388 g/mol. The minimum atomic E-state index is 0.0990. The van der Waals surface area contributed by atoms with Gasteiger partial charge in [0, 0.05) is 17.4 Å². The zero-order valence-corrected chi connectivity index (χ0v) is 16.4. The van der Waals surface area contributed by atoms with Crippen LogP contribution in [0.2, 0.25) is 0 Å². The van der Waals surface area contributed by atoms with Gasteiger partial charge in [-0.25, -0.2) is 0 Å². The summed E-state index contributed by atoms with van der Waals surface area (Å²) in [6.45, 7) is 0. The van der Waals surface area contributed by atoms with Gasteiger partial charge in [-0.2, -0.15) is 0 Å². The summed E-state index contributed by atoms with van der Waals surface area (Å²) in [5.74, 6) is 0.927. The van der Waals surface area contributed by atoms with Crippen LogP contribution in [-0.4, -0.2) is 12.9 Å². The number of carbonyl (C=O) groups excluding carboxylic acids is 1. The molecule has 0 radical (unpaired) electrons. The fourth-order valence-electron chi connectivity index (χ4n) is 3.29. The number of thioether (sulfide) groups is 1. The van der Waals surface area contributed by atoms with Crippen LogP contribution in [-0.2, 0) is 4.79 Å². The van der Waals surface area contributed by atoms with Crippen molar-refractivity contribution in [3.63, 3.8) is 0 Å².